The first-order chi connectivity index (χ1) is 25.3. The van der Waals surface area contributed by atoms with Gasteiger partial charge in [0, 0.05) is 31.9 Å². The van der Waals surface area contributed by atoms with Gasteiger partial charge in [-0.15, -0.1) is 0 Å². The van der Waals surface area contributed by atoms with Crippen LogP contribution in [-0.4, -0.2) is 87.3 Å². The van der Waals surface area contributed by atoms with Gasteiger partial charge in [-0.25, -0.2) is 0 Å². The van der Waals surface area contributed by atoms with Crippen LogP contribution in [0.4, 0.5) is 0 Å². The van der Waals surface area contributed by atoms with Gasteiger partial charge in [-0.05, 0) is 74.9 Å². The van der Waals surface area contributed by atoms with Crippen LogP contribution in [0.1, 0.15) is 72.8 Å². The highest BCUT2D eigenvalue weighted by Crippen LogP contribution is 2.30. The maximum Gasteiger partial charge on any atom is 0.247 e. The van der Waals surface area contributed by atoms with Crippen LogP contribution in [0.2, 0.25) is 0 Å². The average Bonchev–Trinajstić information content (AvgIpc) is 3.65. The minimum atomic E-state index is -1.16. The molecule has 1 unspecified atom stereocenters. The van der Waals surface area contributed by atoms with Gasteiger partial charge in [0.05, 0.1) is 27.2 Å². The molecule has 0 saturated carbocycles. The Morgan fingerprint density at radius 1 is 0.923 bits per heavy atom. The summed E-state index contributed by atoms with van der Waals surface area (Å²) in [5, 5.41) is 6.47. The topological polar surface area (TPSA) is 119 Å². The van der Waals surface area contributed by atoms with E-state index in [-0.39, 0.29) is 31.3 Å². The van der Waals surface area contributed by atoms with E-state index in [1.54, 1.807) is 38.2 Å². The Bertz CT molecular complexity index is 1480. The number of nitrogens with one attached hydrogen (secondary N) is 2. The second-order valence-corrected chi connectivity index (χ2v) is 11.9. The number of fused-ring (bicyclic) bond motifs is 1. The fourth-order valence-electron chi connectivity index (χ4n) is 5.76. The molecule has 0 bridgehead atoms. The maximum atomic E-state index is 13.4. The molecular formula is C41H60N4O7. The number of nitrogens with zero attached hydrogens (tertiary/aromatic N) is 2. The summed E-state index contributed by atoms with van der Waals surface area (Å²) < 4.78 is 20.8. The molecule has 286 valence electrons. The standard InChI is InChI=1S/C30H42N4O5.C7H6O2.2C2H6/c1-23-25(11-9-7-5-6-8-10-15-31-23)14-16-32-29(37)30(2)21-33(17-18-34(30)22-35)28(36)20-24-12-13-26(38-3)27(19-24)39-4;1-2-4-7-6(3-1)8-5-9-7;2*1-2/h7-10,12-13,19,22,31H,5-6,11,14-18,20-21H2,1-4H3,(H,32,37);1-4H,5H2;2*1-2H3/b9-7-,10-8-,25-23+;;;. The Morgan fingerprint density at radius 3 is 2.21 bits per heavy atom. The summed E-state index contributed by atoms with van der Waals surface area (Å²) >= 11 is 0. The van der Waals surface area contributed by atoms with E-state index >= 15 is 0 Å². The van der Waals surface area contributed by atoms with Crippen LogP contribution in [-0.2, 0) is 20.8 Å². The number of hydrogen-bond acceptors (Lipinski definition) is 8. The van der Waals surface area contributed by atoms with Crippen LogP contribution in [0.15, 0.2) is 78.0 Å². The fourth-order valence-corrected chi connectivity index (χ4v) is 5.76. The molecule has 0 aliphatic carbocycles. The predicted molar refractivity (Wildman–Crippen MR) is 207 cm³/mol. The van der Waals surface area contributed by atoms with Crippen molar-refractivity contribution in [2.45, 2.75) is 79.2 Å². The molecule has 0 radical (unpaired) electrons. The lowest BCUT2D eigenvalue weighted by Gasteiger charge is -2.46. The van der Waals surface area contributed by atoms with E-state index in [2.05, 4.69) is 41.9 Å². The van der Waals surface area contributed by atoms with Crippen LogP contribution >= 0.6 is 0 Å². The molecule has 5 rings (SSSR count). The van der Waals surface area contributed by atoms with Crippen LogP contribution < -0.4 is 29.6 Å². The van der Waals surface area contributed by atoms with Gasteiger partial charge in [-0.2, -0.15) is 0 Å². The lowest BCUT2D eigenvalue weighted by atomic mass is 9.94. The molecule has 2 N–H and O–H groups in total. The van der Waals surface area contributed by atoms with Crippen molar-refractivity contribution in [3.63, 3.8) is 0 Å². The number of para-hydroxylation sites is 2. The summed E-state index contributed by atoms with van der Waals surface area (Å²) in [6, 6.07) is 13.0. The quantitative estimate of drug-likeness (QED) is 0.225. The van der Waals surface area contributed by atoms with Crippen molar-refractivity contribution in [2.75, 3.05) is 53.7 Å². The first-order valence-electron chi connectivity index (χ1n) is 18.3. The van der Waals surface area contributed by atoms with Crippen molar-refractivity contribution in [2.24, 2.45) is 0 Å². The zero-order valence-corrected chi connectivity index (χ0v) is 32.5. The maximum absolute atomic E-state index is 13.4. The van der Waals surface area contributed by atoms with Crippen molar-refractivity contribution in [1.29, 1.82) is 0 Å². The number of carbonyl (C=O) groups excluding carboxylic acids is 3. The molecule has 1 fully saturated rings. The number of carbonyl (C=O) groups is 3. The SMILES string of the molecule is CC.CC.COc1ccc(CC(=O)N2CCN(C=O)C(C)(C(=O)NCC/C3=C(\C)NC/C=C\CC/C=C\C3)C2)cc1OC.c1ccc2c(c1)OCO2. The Hall–Kier alpha value is -4.93. The van der Waals surface area contributed by atoms with E-state index in [0.29, 0.717) is 44.2 Å². The highest BCUT2D eigenvalue weighted by molar-refractivity contribution is 5.89. The smallest absolute Gasteiger partial charge is 0.247 e. The van der Waals surface area contributed by atoms with Crippen LogP contribution in [0.3, 0.4) is 0 Å². The van der Waals surface area contributed by atoms with Crippen molar-refractivity contribution in [1.82, 2.24) is 20.4 Å². The summed E-state index contributed by atoms with van der Waals surface area (Å²) in [6.07, 6.45) is 13.1. The normalized spacial score (nSPS) is 20.3. The molecule has 3 aliphatic rings. The molecule has 3 heterocycles. The molecule has 3 amide bonds. The van der Waals surface area contributed by atoms with Gasteiger partial charge in [0.2, 0.25) is 25.0 Å². The van der Waals surface area contributed by atoms with Crippen molar-refractivity contribution < 1.29 is 33.3 Å². The van der Waals surface area contributed by atoms with E-state index in [0.717, 1.165) is 48.6 Å². The van der Waals surface area contributed by atoms with E-state index in [4.69, 9.17) is 18.9 Å². The van der Waals surface area contributed by atoms with Gasteiger partial charge in [0.15, 0.2) is 23.0 Å². The molecule has 3 aliphatic heterocycles. The second-order valence-electron chi connectivity index (χ2n) is 11.9. The largest absolute Gasteiger partial charge is 0.493 e. The number of piperazine rings is 1. The lowest BCUT2D eigenvalue weighted by molar-refractivity contribution is -0.150. The summed E-state index contributed by atoms with van der Waals surface area (Å²) in [7, 11) is 3.11. The van der Waals surface area contributed by atoms with Gasteiger partial charge >= 0.3 is 0 Å². The van der Waals surface area contributed by atoms with E-state index < -0.39 is 5.54 Å². The number of allylic oxidation sites excluding steroid dienone is 4. The highest BCUT2D eigenvalue weighted by atomic mass is 16.7. The lowest BCUT2D eigenvalue weighted by Crippen LogP contribution is -2.67. The number of benzene rings is 2. The predicted octanol–water partition coefficient (Wildman–Crippen LogP) is 6.44. The van der Waals surface area contributed by atoms with Crippen molar-refractivity contribution in [3.8, 4) is 23.0 Å². The number of methoxy groups -OCH3 is 2. The average molecular weight is 721 g/mol. The zero-order valence-electron chi connectivity index (χ0n) is 32.5. The molecule has 1 saturated heterocycles. The second kappa shape index (κ2) is 23.5. The third kappa shape index (κ3) is 12.7. The summed E-state index contributed by atoms with van der Waals surface area (Å²) in [5.41, 5.74) is 1.97. The minimum absolute atomic E-state index is 0.114. The van der Waals surface area contributed by atoms with Crippen molar-refractivity contribution >= 4 is 18.2 Å². The van der Waals surface area contributed by atoms with E-state index in [9.17, 15) is 14.4 Å². The molecule has 2 aromatic carbocycles. The molecule has 0 spiro atoms. The first-order valence-corrected chi connectivity index (χ1v) is 18.3. The third-order valence-electron chi connectivity index (χ3n) is 8.72. The molecule has 11 heteroatoms. The molecule has 0 aromatic heterocycles. The molecule has 1 atom stereocenters. The Balaban J connectivity index is 0.000000605. The van der Waals surface area contributed by atoms with E-state index in [1.165, 1.54) is 10.5 Å². The van der Waals surface area contributed by atoms with Crippen LogP contribution in [0, 0.1) is 0 Å². The van der Waals surface area contributed by atoms with Crippen molar-refractivity contribution in [3.05, 3.63) is 83.6 Å². The summed E-state index contributed by atoms with van der Waals surface area (Å²) in [5.74, 6) is 2.45. The van der Waals surface area contributed by atoms with E-state index in [1.807, 2.05) is 58.0 Å². The Morgan fingerprint density at radius 2 is 1.58 bits per heavy atom. The minimum Gasteiger partial charge on any atom is -0.493 e. The van der Waals surface area contributed by atoms with Gasteiger partial charge in [0.1, 0.15) is 5.54 Å². The molecule has 11 nitrogen and oxygen atoms in total. The Labute approximate surface area is 311 Å². The number of ether oxygens (including phenoxy) is 4. The molecule has 2 aromatic rings. The molecule has 52 heavy (non-hydrogen) atoms. The number of rotatable bonds is 9. The first kappa shape index (κ1) is 43.2. The third-order valence-corrected chi connectivity index (χ3v) is 8.72. The highest BCUT2D eigenvalue weighted by Gasteiger charge is 2.44. The fraction of sp³-hybridized carbons (Fsp3) is 0.488. The van der Waals surface area contributed by atoms with Gasteiger partial charge in [0.25, 0.3) is 0 Å². The number of hydrogen-bond donors (Lipinski definition) is 2. The zero-order chi connectivity index (χ0) is 38.4. The van der Waals surface area contributed by atoms with Gasteiger partial charge in [-0.3, -0.25) is 14.4 Å². The number of amides is 3. The molecular weight excluding hydrogens is 660 g/mol. The Kier molecular flexibility index (Phi) is 19.6. The van der Waals surface area contributed by atoms with Gasteiger partial charge < -0.3 is 39.4 Å². The summed E-state index contributed by atoms with van der Waals surface area (Å²) in [4.78, 5) is 41.7. The van der Waals surface area contributed by atoms with Crippen LogP contribution in [0.5, 0.6) is 23.0 Å². The summed E-state index contributed by atoms with van der Waals surface area (Å²) in [6.45, 7) is 14.2. The van der Waals surface area contributed by atoms with Gasteiger partial charge in [-0.1, -0.05) is 70.2 Å². The monoisotopic (exact) mass is 720 g/mol. The van der Waals surface area contributed by atoms with Crippen LogP contribution in [0.25, 0.3) is 0 Å².